The first-order valence-corrected chi connectivity index (χ1v) is 15.3. The molecule has 7 rings (SSSR count). The summed E-state index contributed by atoms with van der Waals surface area (Å²) in [6, 6.07) is 64.3. The lowest BCUT2D eigenvalue weighted by atomic mass is 10.1. The second-order valence-electron chi connectivity index (χ2n) is 10.3. The topological polar surface area (TPSA) is 6.48 Å². The molecule has 0 unspecified atom stereocenters. The predicted octanol–water partition coefficient (Wildman–Crippen LogP) is 12.0. The Hall–Kier alpha value is -5.38. The van der Waals surface area contributed by atoms with Crippen LogP contribution in [0.4, 0.5) is 34.1 Å². The van der Waals surface area contributed by atoms with Crippen LogP contribution in [-0.4, -0.2) is 0 Å². The van der Waals surface area contributed by atoms with Gasteiger partial charge in [-0.3, -0.25) is 0 Å². The fourth-order valence-corrected chi connectivity index (χ4v) is 6.42. The van der Waals surface area contributed by atoms with Crippen LogP contribution in [0.2, 0.25) is 0 Å². The summed E-state index contributed by atoms with van der Waals surface area (Å²) in [5.41, 5.74) is 9.27. The number of thiophene rings is 1. The van der Waals surface area contributed by atoms with E-state index in [2.05, 4.69) is 192 Å². The zero-order chi connectivity index (χ0) is 28.8. The first kappa shape index (κ1) is 26.5. The third-order valence-corrected chi connectivity index (χ3v) is 8.67. The number of benzene rings is 6. The van der Waals surface area contributed by atoms with Gasteiger partial charge in [-0.2, -0.15) is 0 Å². The van der Waals surface area contributed by atoms with Crippen LogP contribution in [0, 0.1) is 0 Å². The highest BCUT2D eigenvalue weighted by Crippen LogP contribution is 2.40. The quantitative estimate of drug-likeness (QED) is 0.179. The molecule has 0 radical (unpaired) electrons. The molecular formula is C40H30N2S. The Labute approximate surface area is 257 Å². The van der Waals surface area contributed by atoms with Crippen molar-refractivity contribution in [3.63, 3.8) is 0 Å². The maximum Gasteiger partial charge on any atom is 0.0462 e. The van der Waals surface area contributed by atoms with E-state index in [4.69, 9.17) is 0 Å². The highest BCUT2D eigenvalue weighted by atomic mass is 32.1. The third kappa shape index (κ3) is 5.72. The lowest BCUT2D eigenvalue weighted by molar-refractivity contribution is 1.28. The van der Waals surface area contributed by atoms with E-state index < -0.39 is 0 Å². The summed E-state index contributed by atoms with van der Waals surface area (Å²) in [7, 11) is 0. The van der Waals surface area contributed by atoms with E-state index in [0.717, 1.165) is 34.1 Å². The minimum Gasteiger partial charge on any atom is -0.311 e. The Morgan fingerprint density at radius 2 is 0.512 bits per heavy atom. The summed E-state index contributed by atoms with van der Waals surface area (Å²) in [5, 5.41) is 0. The van der Waals surface area contributed by atoms with Crippen molar-refractivity contribution in [1.82, 2.24) is 0 Å². The summed E-state index contributed by atoms with van der Waals surface area (Å²) in [6.45, 7) is 0. The minimum absolute atomic E-state index is 1.13. The molecule has 0 bridgehead atoms. The second kappa shape index (κ2) is 12.2. The number of rotatable bonds is 8. The van der Waals surface area contributed by atoms with Gasteiger partial charge in [0.25, 0.3) is 0 Å². The predicted molar refractivity (Wildman–Crippen MR) is 185 cm³/mol. The number of nitrogens with zero attached hydrogens (tertiary/aromatic N) is 2. The average Bonchev–Trinajstić information content (AvgIpc) is 3.58. The van der Waals surface area contributed by atoms with Crippen LogP contribution in [0.3, 0.4) is 0 Å². The number of para-hydroxylation sites is 4. The zero-order valence-electron chi connectivity index (χ0n) is 23.6. The fourth-order valence-electron chi connectivity index (χ4n) is 5.40. The molecule has 1 aromatic heterocycles. The molecule has 3 heteroatoms. The first-order valence-electron chi connectivity index (χ1n) is 14.4. The summed E-state index contributed by atoms with van der Waals surface area (Å²) in [4.78, 5) is 7.09. The largest absolute Gasteiger partial charge is 0.311 e. The van der Waals surface area contributed by atoms with Crippen LogP contribution in [0.15, 0.2) is 182 Å². The second-order valence-corrected chi connectivity index (χ2v) is 11.4. The van der Waals surface area contributed by atoms with Gasteiger partial charge < -0.3 is 9.80 Å². The summed E-state index contributed by atoms with van der Waals surface area (Å²) in [6.07, 6.45) is 0. The molecule has 0 aliphatic heterocycles. The van der Waals surface area contributed by atoms with Crippen molar-refractivity contribution in [3.8, 4) is 20.9 Å². The molecule has 206 valence electrons. The van der Waals surface area contributed by atoms with Crippen molar-refractivity contribution in [2.24, 2.45) is 0 Å². The average molecular weight is 571 g/mol. The zero-order valence-corrected chi connectivity index (χ0v) is 24.4. The Bertz CT molecular complexity index is 1660. The Morgan fingerprint density at radius 1 is 0.256 bits per heavy atom. The van der Waals surface area contributed by atoms with Gasteiger partial charge in [-0.25, -0.2) is 0 Å². The number of hydrogen-bond donors (Lipinski definition) is 0. The highest BCUT2D eigenvalue weighted by Gasteiger charge is 2.14. The molecule has 0 amide bonds. The van der Waals surface area contributed by atoms with Crippen molar-refractivity contribution >= 4 is 45.5 Å². The van der Waals surface area contributed by atoms with Crippen LogP contribution < -0.4 is 9.80 Å². The molecule has 2 nitrogen and oxygen atoms in total. The molecule has 0 aliphatic carbocycles. The van der Waals surface area contributed by atoms with Gasteiger partial charge in [0.1, 0.15) is 0 Å². The summed E-state index contributed by atoms with van der Waals surface area (Å²) in [5.74, 6) is 0. The van der Waals surface area contributed by atoms with Crippen molar-refractivity contribution < 1.29 is 0 Å². The van der Waals surface area contributed by atoms with Crippen molar-refractivity contribution in [2.45, 2.75) is 0 Å². The lowest BCUT2D eigenvalue weighted by Crippen LogP contribution is -2.09. The van der Waals surface area contributed by atoms with E-state index in [0.29, 0.717) is 0 Å². The van der Waals surface area contributed by atoms with Crippen LogP contribution in [-0.2, 0) is 0 Å². The van der Waals surface area contributed by atoms with Crippen LogP contribution in [0.25, 0.3) is 20.9 Å². The molecule has 6 aromatic carbocycles. The van der Waals surface area contributed by atoms with E-state index in [1.54, 1.807) is 0 Å². The highest BCUT2D eigenvalue weighted by molar-refractivity contribution is 7.18. The fraction of sp³-hybridized carbons (Fsp3) is 0. The lowest BCUT2D eigenvalue weighted by Gasteiger charge is -2.25. The van der Waals surface area contributed by atoms with E-state index in [1.165, 1.54) is 20.9 Å². The molecule has 0 fully saturated rings. The Morgan fingerprint density at radius 3 is 0.791 bits per heavy atom. The van der Waals surface area contributed by atoms with Crippen LogP contribution in [0.5, 0.6) is 0 Å². The van der Waals surface area contributed by atoms with Gasteiger partial charge in [0.2, 0.25) is 0 Å². The molecule has 1 heterocycles. The molecule has 0 atom stereocenters. The van der Waals surface area contributed by atoms with Crippen LogP contribution in [0.1, 0.15) is 0 Å². The van der Waals surface area contributed by atoms with E-state index in [1.807, 2.05) is 11.3 Å². The smallest absolute Gasteiger partial charge is 0.0462 e. The van der Waals surface area contributed by atoms with Crippen LogP contribution >= 0.6 is 11.3 Å². The minimum atomic E-state index is 1.13. The molecule has 0 N–H and O–H groups in total. The molecule has 43 heavy (non-hydrogen) atoms. The van der Waals surface area contributed by atoms with Gasteiger partial charge in [0.15, 0.2) is 0 Å². The van der Waals surface area contributed by atoms with Gasteiger partial charge >= 0.3 is 0 Å². The standard InChI is InChI=1S/C40H30N2S/c1-5-13-33(14-6-1)41(34-15-7-2-8-16-34)37-25-21-31(22-26-37)39-29-30-40(43-39)32-23-27-38(28-24-32)42(35-17-9-3-10-18-35)36-19-11-4-12-20-36/h1-30H. The maximum atomic E-state index is 2.29. The first-order chi connectivity index (χ1) is 21.3. The SMILES string of the molecule is c1ccc(N(c2ccccc2)c2ccc(-c3ccc(-c4ccc(N(c5ccccc5)c5ccccc5)cc4)s3)cc2)cc1. The number of hydrogen-bond acceptors (Lipinski definition) is 3. The molecule has 0 aliphatic rings. The van der Waals surface area contributed by atoms with Crippen molar-refractivity contribution in [3.05, 3.63) is 182 Å². The maximum absolute atomic E-state index is 2.29. The third-order valence-electron chi connectivity index (χ3n) is 7.48. The Kier molecular flexibility index (Phi) is 7.55. The van der Waals surface area contributed by atoms with Gasteiger partial charge in [-0.1, -0.05) is 97.1 Å². The van der Waals surface area contributed by atoms with Crippen molar-refractivity contribution in [1.29, 1.82) is 0 Å². The van der Waals surface area contributed by atoms with Gasteiger partial charge in [-0.15, -0.1) is 11.3 Å². The van der Waals surface area contributed by atoms with Gasteiger partial charge in [0, 0.05) is 43.9 Å². The molecular weight excluding hydrogens is 541 g/mol. The molecule has 0 saturated heterocycles. The van der Waals surface area contributed by atoms with E-state index >= 15 is 0 Å². The van der Waals surface area contributed by atoms with Gasteiger partial charge in [0.05, 0.1) is 0 Å². The molecule has 0 spiro atoms. The normalized spacial score (nSPS) is 10.8. The Balaban J connectivity index is 1.15. The van der Waals surface area contributed by atoms with E-state index in [-0.39, 0.29) is 0 Å². The molecule has 0 saturated carbocycles. The monoisotopic (exact) mass is 570 g/mol. The van der Waals surface area contributed by atoms with Crippen molar-refractivity contribution in [2.75, 3.05) is 9.80 Å². The summed E-state index contributed by atoms with van der Waals surface area (Å²) < 4.78 is 0. The summed E-state index contributed by atoms with van der Waals surface area (Å²) >= 11 is 1.83. The molecule has 7 aromatic rings. The van der Waals surface area contributed by atoms with Gasteiger partial charge in [-0.05, 0) is 96.1 Å². The number of anilines is 6. The van der Waals surface area contributed by atoms with E-state index in [9.17, 15) is 0 Å².